The first-order valence-corrected chi connectivity index (χ1v) is 6.19. The predicted molar refractivity (Wildman–Crippen MR) is 71.1 cm³/mol. The zero-order valence-corrected chi connectivity index (χ0v) is 11.1. The van der Waals surface area contributed by atoms with E-state index >= 15 is 0 Å². The number of nitrogens with one attached hydrogen (secondary N) is 1. The second-order valence-corrected chi connectivity index (χ2v) is 4.59. The first-order valence-electron chi connectivity index (χ1n) is 5.81. The Morgan fingerprint density at radius 2 is 2.24 bits per heavy atom. The van der Waals surface area contributed by atoms with Crippen molar-refractivity contribution in [2.75, 3.05) is 20.1 Å². The molecule has 0 aromatic heterocycles. The fourth-order valence-electron chi connectivity index (χ4n) is 1.57. The monoisotopic (exact) mass is 254 g/mol. The van der Waals surface area contributed by atoms with E-state index in [-0.39, 0.29) is 5.91 Å². The standard InChI is InChI=1S/C13H19ClN2O/c1-3-7-15-13(17)10-16(2)9-11-5-4-6-12(14)8-11/h4-6,8H,3,7,9-10H2,1-2H3,(H,15,17). The van der Waals surface area contributed by atoms with Gasteiger partial charge in [0.25, 0.3) is 0 Å². The van der Waals surface area contributed by atoms with Crippen molar-refractivity contribution in [1.29, 1.82) is 0 Å². The van der Waals surface area contributed by atoms with E-state index in [1.165, 1.54) is 0 Å². The number of benzene rings is 1. The van der Waals surface area contributed by atoms with Gasteiger partial charge in [-0.3, -0.25) is 9.69 Å². The van der Waals surface area contributed by atoms with Gasteiger partial charge in [0.2, 0.25) is 5.91 Å². The third kappa shape index (κ3) is 5.71. The number of carbonyl (C=O) groups is 1. The molecule has 0 saturated heterocycles. The Hall–Kier alpha value is -1.06. The Kier molecular flexibility index (Phi) is 6.01. The third-order valence-corrected chi connectivity index (χ3v) is 2.56. The van der Waals surface area contributed by atoms with Gasteiger partial charge in [-0.05, 0) is 31.2 Å². The van der Waals surface area contributed by atoms with Crippen molar-refractivity contribution in [3.63, 3.8) is 0 Å². The van der Waals surface area contributed by atoms with Crippen LogP contribution >= 0.6 is 11.6 Å². The van der Waals surface area contributed by atoms with Crippen LogP contribution in [-0.4, -0.2) is 30.9 Å². The van der Waals surface area contributed by atoms with E-state index in [1.54, 1.807) is 0 Å². The summed E-state index contributed by atoms with van der Waals surface area (Å²) in [6.45, 7) is 3.91. The number of amides is 1. The maximum atomic E-state index is 11.5. The zero-order chi connectivity index (χ0) is 12.7. The van der Waals surface area contributed by atoms with Gasteiger partial charge in [-0.15, -0.1) is 0 Å². The molecule has 0 aliphatic carbocycles. The maximum absolute atomic E-state index is 11.5. The van der Waals surface area contributed by atoms with Gasteiger partial charge < -0.3 is 5.32 Å². The summed E-state index contributed by atoms with van der Waals surface area (Å²) in [4.78, 5) is 13.5. The summed E-state index contributed by atoms with van der Waals surface area (Å²) in [6.07, 6.45) is 0.962. The number of rotatable bonds is 6. The highest BCUT2D eigenvalue weighted by Crippen LogP contribution is 2.11. The van der Waals surface area contributed by atoms with Crippen LogP contribution in [0.25, 0.3) is 0 Å². The van der Waals surface area contributed by atoms with Crippen LogP contribution in [0.3, 0.4) is 0 Å². The van der Waals surface area contributed by atoms with Crippen LogP contribution in [0.5, 0.6) is 0 Å². The molecule has 0 unspecified atom stereocenters. The Labute approximate surface area is 108 Å². The number of carbonyl (C=O) groups excluding carboxylic acids is 1. The third-order valence-electron chi connectivity index (χ3n) is 2.33. The molecule has 1 amide bonds. The van der Waals surface area contributed by atoms with Gasteiger partial charge in [-0.25, -0.2) is 0 Å². The fraction of sp³-hybridized carbons (Fsp3) is 0.462. The van der Waals surface area contributed by atoms with Crippen LogP contribution in [0.4, 0.5) is 0 Å². The second-order valence-electron chi connectivity index (χ2n) is 4.15. The van der Waals surface area contributed by atoms with Crippen molar-refractivity contribution in [3.05, 3.63) is 34.9 Å². The first kappa shape index (κ1) is 14.0. The molecule has 0 heterocycles. The molecule has 4 heteroatoms. The van der Waals surface area contributed by atoms with Gasteiger partial charge in [0.1, 0.15) is 0 Å². The summed E-state index contributed by atoms with van der Waals surface area (Å²) >= 11 is 5.90. The SMILES string of the molecule is CCCNC(=O)CN(C)Cc1cccc(Cl)c1. The average Bonchev–Trinajstić information content (AvgIpc) is 2.26. The molecule has 0 fully saturated rings. The van der Waals surface area contributed by atoms with Crippen LogP contribution in [-0.2, 0) is 11.3 Å². The van der Waals surface area contributed by atoms with Crippen LogP contribution < -0.4 is 5.32 Å². The Bertz CT molecular complexity index is 368. The summed E-state index contributed by atoms with van der Waals surface area (Å²) in [5.41, 5.74) is 1.11. The van der Waals surface area contributed by atoms with Gasteiger partial charge in [0, 0.05) is 18.1 Å². The van der Waals surface area contributed by atoms with Crippen molar-refractivity contribution in [2.45, 2.75) is 19.9 Å². The van der Waals surface area contributed by atoms with Crippen molar-refractivity contribution in [3.8, 4) is 0 Å². The molecule has 1 aromatic carbocycles. The van der Waals surface area contributed by atoms with E-state index in [0.717, 1.165) is 30.1 Å². The summed E-state index contributed by atoms with van der Waals surface area (Å²) < 4.78 is 0. The number of nitrogens with zero attached hydrogens (tertiary/aromatic N) is 1. The predicted octanol–water partition coefficient (Wildman–Crippen LogP) is 2.30. The molecule has 1 rings (SSSR count). The zero-order valence-electron chi connectivity index (χ0n) is 10.4. The molecule has 0 saturated carbocycles. The van der Waals surface area contributed by atoms with Crippen LogP contribution in [0.15, 0.2) is 24.3 Å². The Morgan fingerprint density at radius 1 is 1.47 bits per heavy atom. The fourth-order valence-corrected chi connectivity index (χ4v) is 1.78. The van der Waals surface area contributed by atoms with Gasteiger partial charge >= 0.3 is 0 Å². The van der Waals surface area contributed by atoms with E-state index in [9.17, 15) is 4.79 Å². The van der Waals surface area contributed by atoms with Crippen LogP contribution in [0.2, 0.25) is 5.02 Å². The van der Waals surface area contributed by atoms with Crippen LogP contribution in [0.1, 0.15) is 18.9 Å². The molecule has 0 aliphatic heterocycles. The summed E-state index contributed by atoms with van der Waals surface area (Å²) in [6, 6.07) is 7.69. The molecule has 17 heavy (non-hydrogen) atoms. The van der Waals surface area contributed by atoms with Gasteiger partial charge in [0.15, 0.2) is 0 Å². The normalized spacial score (nSPS) is 10.6. The lowest BCUT2D eigenvalue weighted by molar-refractivity contribution is -0.122. The minimum atomic E-state index is 0.0661. The minimum Gasteiger partial charge on any atom is -0.355 e. The topological polar surface area (TPSA) is 32.3 Å². The average molecular weight is 255 g/mol. The Balaban J connectivity index is 2.39. The van der Waals surface area contributed by atoms with Gasteiger partial charge in [0.05, 0.1) is 6.54 Å². The molecular formula is C13H19ClN2O. The molecule has 94 valence electrons. The van der Waals surface area contributed by atoms with Crippen molar-refractivity contribution in [2.24, 2.45) is 0 Å². The van der Waals surface area contributed by atoms with Gasteiger partial charge in [-0.2, -0.15) is 0 Å². The highest BCUT2D eigenvalue weighted by molar-refractivity contribution is 6.30. The second kappa shape index (κ2) is 7.30. The number of halogens is 1. The highest BCUT2D eigenvalue weighted by Gasteiger charge is 2.06. The minimum absolute atomic E-state index is 0.0661. The Morgan fingerprint density at radius 3 is 2.88 bits per heavy atom. The number of likely N-dealkylation sites (N-methyl/N-ethyl adjacent to an activating group) is 1. The van der Waals surface area contributed by atoms with E-state index in [0.29, 0.717) is 6.54 Å². The van der Waals surface area contributed by atoms with E-state index in [2.05, 4.69) is 5.32 Å². The molecule has 0 atom stereocenters. The molecule has 0 radical (unpaired) electrons. The molecule has 0 aliphatic rings. The number of hydrogen-bond donors (Lipinski definition) is 1. The quantitative estimate of drug-likeness (QED) is 0.845. The van der Waals surface area contributed by atoms with E-state index in [1.807, 2.05) is 43.1 Å². The lowest BCUT2D eigenvalue weighted by atomic mass is 10.2. The van der Waals surface area contributed by atoms with Crippen LogP contribution in [0, 0.1) is 0 Å². The molecule has 1 aromatic rings. The summed E-state index contributed by atoms with van der Waals surface area (Å²) in [7, 11) is 1.92. The number of hydrogen-bond acceptors (Lipinski definition) is 2. The first-order chi connectivity index (χ1) is 8.11. The molecular weight excluding hydrogens is 236 g/mol. The molecule has 3 nitrogen and oxygen atoms in total. The smallest absolute Gasteiger partial charge is 0.234 e. The maximum Gasteiger partial charge on any atom is 0.234 e. The summed E-state index contributed by atoms with van der Waals surface area (Å²) in [5.74, 6) is 0.0661. The molecule has 0 spiro atoms. The van der Waals surface area contributed by atoms with Crippen molar-refractivity contribution < 1.29 is 4.79 Å². The van der Waals surface area contributed by atoms with E-state index in [4.69, 9.17) is 11.6 Å². The highest BCUT2D eigenvalue weighted by atomic mass is 35.5. The molecule has 0 bridgehead atoms. The largest absolute Gasteiger partial charge is 0.355 e. The van der Waals surface area contributed by atoms with Crippen molar-refractivity contribution >= 4 is 17.5 Å². The van der Waals surface area contributed by atoms with Crippen molar-refractivity contribution in [1.82, 2.24) is 10.2 Å². The lowest BCUT2D eigenvalue weighted by Crippen LogP contribution is -2.35. The van der Waals surface area contributed by atoms with Gasteiger partial charge in [-0.1, -0.05) is 30.7 Å². The summed E-state index contributed by atoms with van der Waals surface area (Å²) in [5, 5.41) is 3.58. The lowest BCUT2D eigenvalue weighted by Gasteiger charge is -2.16. The van der Waals surface area contributed by atoms with E-state index < -0.39 is 0 Å². The molecule has 1 N–H and O–H groups in total.